The third kappa shape index (κ3) is 2.31. The third-order valence-electron chi connectivity index (χ3n) is 2.78. The molecule has 2 aromatic rings. The first-order valence-corrected chi connectivity index (χ1v) is 5.46. The van der Waals surface area contributed by atoms with Gasteiger partial charge in [0.05, 0.1) is 11.3 Å². The highest BCUT2D eigenvalue weighted by Gasteiger charge is 2.19. The molecular formula is C14H10F3NO. The number of nitrogens with two attached hydrogens (primary N) is 1. The average Bonchev–Trinajstić information content (AvgIpc) is 2.39. The maximum atomic E-state index is 13.7. The number of nitrogen functional groups attached to an aromatic ring is 1. The molecule has 0 aromatic heterocycles. The first kappa shape index (κ1) is 13.1. The number of benzene rings is 2. The van der Waals surface area contributed by atoms with Gasteiger partial charge in [-0.1, -0.05) is 6.07 Å². The van der Waals surface area contributed by atoms with Gasteiger partial charge in [0, 0.05) is 5.56 Å². The van der Waals surface area contributed by atoms with Crippen molar-refractivity contribution in [2.45, 2.75) is 6.92 Å². The van der Waals surface area contributed by atoms with Crippen molar-refractivity contribution in [3.8, 4) is 0 Å². The fraction of sp³-hybridized carbons (Fsp3) is 0.0714. The van der Waals surface area contributed by atoms with Crippen molar-refractivity contribution in [1.29, 1.82) is 0 Å². The Labute approximate surface area is 107 Å². The van der Waals surface area contributed by atoms with Crippen molar-refractivity contribution >= 4 is 11.5 Å². The average molecular weight is 265 g/mol. The predicted molar refractivity (Wildman–Crippen MR) is 65.3 cm³/mol. The summed E-state index contributed by atoms with van der Waals surface area (Å²) in [6, 6.07) is 5.82. The second-order valence-electron chi connectivity index (χ2n) is 4.12. The molecule has 0 saturated carbocycles. The minimum Gasteiger partial charge on any atom is -0.396 e. The lowest BCUT2D eigenvalue weighted by atomic mass is 10.0. The van der Waals surface area contributed by atoms with Crippen LogP contribution in [0.5, 0.6) is 0 Å². The highest BCUT2D eigenvalue weighted by atomic mass is 19.2. The van der Waals surface area contributed by atoms with Crippen molar-refractivity contribution in [2.24, 2.45) is 0 Å². The Morgan fingerprint density at radius 1 is 1.05 bits per heavy atom. The molecule has 0 saturated heterocycles. The number of carbonyl (C=O) groups is 1. The van der Waals surface area contributed by atoms with Gasteiger partial charge in [-0.05, 0) is 36.8 Å². The molecule has 0 aliphatic rings. The number of halogens is 3. The van der Waals surface area contributed by atoms with Crippen molar-refractivity contribution in [1.82, 2.24) is 0 Å². The van der Waals surface area contributed by atoms with Crippen LogP contribution in [0.2, 0.25) is 0 Å². The van der Waals surface area contributed by atoms with Crippen LogP contribution in [0.3, 0.4) is 0 Å². The molecule has 0 amide bonds. The van der Waals surface area contributed by atoms with Crippen molar-refractivity contribution in [2.75, 3.05) is 5.73 Å². The van der Waals surface area contributed by atoms with E-state index in [-0.39, 0.29) is 16.8 Å². The molecule has 0 aliphatic carbocycles. The van der Waals surface area contributed by atoms with Crippen LogP contribution in [0.4, 0.5) is 18.9 Å². The summed E-state index contributed by atoms with van der Waals surface area (Å²) < 4.78 is 40.3. The summed E-state index contributed by atoms with van der Waals surface area (Å²) >= 11 is 0. The quantitative estimate of drug-likeness (QED) is 0.669. The summed E-state index contributed by atoms with van der Waals surface area (Å²) in [6.45, 7) is 1.38. The van der Waals surface area contributed by atoms with Crippen molar-refractivity contribution < 1.29 is 18.0 Å². The van der Waals surface area contributed by atoms with E-state index in [1.807, 2.05) is 0 Å². The molecule has 0 atom stereocenters. The number of anilines is 1. The Morgan fingerprint density at radius 3 is 2.37 bits per heavy atom. The Hall–Kier alpha value is -2.30. The van der Waals surface area contributed by atoms with Gasteiger partial charge in [0.15, 0.2) is 17.4 Å². The van der Waals surface area contributed by atoms with Crippen molar-refractivity contribution in [3.63, 3.8) is 0 Å². The first-order valence-electron chi connectivity index (χ1n) is 5.46. The lowest BCUT2D eigenvalue weighted by molar-refractivity contribution is 0.103. The zero-order valence-corrected chi connectivity index (χ0v) is 10.0. The monoisotopic (exact) mass is 265 g/mol. The summed E-state index contributed by atoms with van der Waals surface area (Å²) in [5.41, 5.74) is 4.73. The Bertz CT molecular complexity index is 668. The van der Waals surface area contributed by atoms with Gasteiger partial charge in [-0.25, -0.2) is 13.2 Å². The lowest BCUT2D eigenvalue weighted by Crippen LogP contribution is -2.07. The fourth-order valence-corrected chi connectivity index (χ4v) is 1.65. The molecule has 98 valence electrons. The summed E-state index contributed by atoms with van der Waals surface area (Å²) in [6.07, 6.45) is 0. The lowest BCUT2D eigenvalue weighted by Gasteiger charge is -2.06. The van der Waals surface area contributed by atoms with Gasteiger partial charge in [0.25, 0.3) is 0 Å². The van der Waals surface area contributed by atoms with Gasteiger partial charge in [0.2, 0.25) is 0 Å². The van der Waals surface area contributed by atoms with Gasteiger partial charge in [-0.2, -0.15) is 0 Å². The molecule has 2 N–H and O–H groups in total. The van der Waals surface area contributed by atoms with E-state index >= 15 is 0 Å². The van der Waals surface area contributed by atoms with E-state index in [1.54, 1.807) is 0 Å². The maximum absolute atomic E-state index is 13.7. The normalized spacial score (nSPS) is 10.5. The molecule has 2 nitrogen and oxygen atoms in total. The van der Waals surface area contributed by atoms with Gasteiger partial charge >= 0.3 is 0 Å². The van der Waals surface area contributed by atoms with Crippen LogP contribution in [0, 0.1) is 24.4 Å². The van der Waals surface area contributed by atoms with Crippen LogP contribution >= 0.6 is 0 Å². The molecule has 19 heavy (non-hydrogen) atoms. The largest absolute Gasteiger partial charge is 0.396 e. The van der Waals surface area contributed by atoms with E-state index < -0.39 is 28.8 Å². The third-order valence-corrected chi connectivity index (χ3v) is 2.78. The smallest absolute Gasteiger partial charge is 0.196 e. The summed E-state index contributed by atoms with van der Waals surface area (Å²) in [5.74, 6) is -3.89. The highest BCUT2D eigenvalue weighted by Crippen LogP contribution is 2.20. The fourth-order valence-electron chi connectivity index (χ4n) is 1.65. The number of rotatable bonds is 2. The molecule has 0 spiro atoms. The van der Waals surface area contributed by atoms with Crippen LogP contribution in [0.1, 0.15) is 21.5 Å². The van der Waals surface area contributed by atoms with Crippen LogP contribution in [-0.4, -0.2) is 5.78 Å². The van der Waals surface area contributed by atoms with E-state index in [9.17, 15) is 18.0 Å². The zero-order chi connectivity index (χ0) is 14.2. The molecule has 0 unspecified atom stereocenters. The number of carbonyl (C=O) groups excluding carboxylic acids is 1. The standard InChI is InChI=1S/C14H10F3NO/c1-7-2-4-9(13(17)12(7)16)14(19)8-3-5-11(18)10(15)6-8/h2-6H,18H2,1H3. The van der Waals surface area contributed by atoms with Crippen LogP contribution in [0.15, 0.2) is 30.3 Å². The van der Waals surface area contributed by atoms with Crippen LogP contribution in [0.25, 0.3) is 0 Å². The topological polar surface area (TPSA) is 43.1 Å². The number of aryl methyl sites for hydroxylation is 1. The zero-order valence-electron chi connectivity index (χ0n) is 10.0. The highest BCUT2D eigenvalue weighted by molar-refractivity contribution is 6.09. The van der Waals surface area contributed by atoms with E-state index in [2.05, 4.69) is 0 Å². The minimum absolute atomic E-state index is 0.0890. The van der Waals surface area contributed by atoms with E-state index in [1.165, 1.54) is 31.2 Å². The minimum atomic E-state index is -1.23. The Balaban J connectivity index is 2.50. The molecule has 0 fully saturated rings. The molecule has 0 bridgehead atoms. The second-order valence-corrected chi connectivity index (χ2v) is 4.12. The SMILES string of the molecule is Cc1ccc(C(=O)c2ccc(N)c(F)c2)c(F)c1F. The van der Waals surface area contributed by atoms with E-state index in [0.29, 0.717) is 0 Å². The molecule has 0 aliphatic heterocycles. The molecular weight excluding hydrogens is 255 g/mol. The Kier molecular flexibility index (Phi) is 3.29. The summed E-state index contributed by atoms with van der Waals surface area (Å²) in [5, 5.41) is 0. The molecule has 2 aromatic carbocycles. The van der Waals surface area contributed by atoms with E-state index in [0.717, 1.165) is 6.07 Å². The van der Waals surface area contributed by atoms with Gasteiger partial charge in [0.1, 0.15) is 5.82 Å². The molecule has 2 rings (SSSR count). The van der Waals surface area contributed by atoms with Gasteiger partial charge < -0.3 is 5.73 Å². The first-order chi connectivity index (χ1) is 8.91. The predicted octanol–water partition coefficient (Wildman–Crippen LogP) is 3.23. The molecule has 0 radical (unpaired) electrons. The van der Waals surface area contributed by atoms with Gasteiger partial charge in [-0.3, -0.25) is 4.79 Å². The maximum Gasteiger partial charge on any atom is 0.196 e. The number of hydrogen-bond acceptors (Lipinski definition) is 2. The Morgan fingerprint density at radius 2 is 1.74 bits per heavy atom. The van der Waals surface area contributed by atoms with Gasteiger partial charge in [-0.15, -0.1) is 0 Å². The van der Waals surface area contributed by atoms with Crippen LogP contribution in [-0.2, 0) is 0 Å². The molecule has 5 heteroatoms. The number of hydrogen-bond donors (Lipinski definition) is 1. The van der Waals surface area contributed by atoms with Crippen LogP contribution < -0.4 is 5.73 Å². The number of ketones is 1. The molecule has 0 heterocycles. The summed E-state index contributed by atoms with van der Waals surface area (Å²) in [4.78, 5) is 12.0. The van der Waals surface area contributed by atoms with Crippen molar-refractivity contribution in [3.05, 3.63) is 64.5 Å². The summed E-state index contributed by atoms with van der Waals surface area (Å²) in [7, 11) is 0. The second kappa shape index (κ2) is 4.76. The van der Waals surface area contributed by atoms with E-state index in [4.69, 9.17) is 5.73 Å².